The van der Waals surface area contributed by atoms with Crippen LogP contribution in [0.1, 0.15) is 12.8 Å². The van der Waals surface area contributed by atoms with Crippen molar-refractivity contribution in [2.75, 3.05) is 25.5 Å². The van der Waals surface area contributed by atoms with E-state index in [4.69, 9.17) is 22.7 Å². The zero-order chi connectivity index (χ0) is 14.5. The Balaban J connectivity index is 1.98. The summed E-state index contributed by atoms with van der Waals surface area (Å²) >= 11 is 5.40. The summed E-state index contributed by atoms with van der Waals surface area (Å²) in [6.07, 6.45) is 1.77. The molecular weight excluding hydrogens is 274 g/mol. The third-order valence-electron chi connectivity index (χ3n) is 3.43. The normalized spacial score (nSPS) is 18.4. The molecular formula is C14H19N3O2S. The Morgan fingerprint density at radius 2 is 2.35 bits per heavy atom. The number of nitrogens with two attached hydrogens (primary N) is 1. The number of nitrogens with one attached hydrogen (secondary N) is 1. The fourth-order valence-electron chi connectivity index (χ4n) is 2.30. The molecule has 0 saturated carbocycles. The number of rotatable bonds is 3. The number of likely N-dealkylation sites (tertiary alicyclic amines) is 1. The molecule has 1 saturated heterocycles. The van der Waals surface area contributed by atoms with Gasteiger partial charge in [0.2, 0.25) is 5.91 Å². The first-order chi connectivity index (χ1) is 9.60. The summed E-state index contributed by atoms with van der Waals surface area (Å²) in [5, 5.41) is 3.79. The van der Waals surface area contributed by atoms with Crippen LogP contribution in [0.4, 0.5) is 5.69 Å². The highest BCUT2D eigenvalue weighted by Gasteiger charge is 2.25. The molecule has 1 unspecified atom stereocenters. The molecule has 1 aliphatic rings. The molecule has 0 bridgehead atoms. The molecule has 1 amide bonds. The van der Waals surface area contributed by atoms with Crippen LogP contribution in [0, 0.1) is 5.92 Å². The third kappa shape index (κ3) is 3.60. The second-order valence-corrected chi connectivity index (χ2v) is 5.24. The van der Waals surface area contributed by atoms with Gasteiger partial charge in [-0.25, -0.2) is 0 Å². The molecule has 2 rings (SSSR count). The van der Waals surface area contributed by atoms with E-state index in [0.717, 1.165) is 30.8 Å². The number of carbonyl (C=O) groups excluding carboxylic acids is 1. The van der Waals surface area contributed by atoms with Gasteiger partial charge >= 0.3 is 0 Å². The van der Waals surface area contributed by atoms with Crippen molar-refractivity contribution < 1.29 is 9.53 Å². The fraction of sp³-hybridized carbons (Fsp3) is 0.429. The summed E-state index contributed by atoms with van der Waals surface area (Å²) in [6, 6.07) is 7.57. The summed E-state index contributed by atoms with van der Waals surface area (Å²) in [6.45, 7) is 1.44. The maximum atomic E-state index is 11.3. The zero-order valence-electron chi connectivity index (χ0n) is 11.5. The standard InChI is InChI=1S/C14H19N3O2S/c1-19-12-6-2-5-11(8-12)16-14(20)17-7-3-4-10(9-17)13(15)18/h2,5-6,8,10H,3-4,7,9H2,1H3,(H2,15,18)(H,16,20). The molecule has 0 aromatic heterocycles. The average Bonchev–Trinajstić information content (AvgIpc) is 2.47. The molecule has 1 aromatic carbocycles. The molecule has 108 valence electrons. The predicted molar refractivity (Wildman–Crippen MR) is 82.7 cm³/mol. The molecule has 1 atom stereocenters. The van der Waals surface area contributed by atoms with Gasteiger partial charge in [-0.1, -0.05) is 6.07 Å². The number of carbonyl (C=O) groups is 1. The molecule has 5 nitrogen and oxygen atoms in total. The Hall–Kier alpha value is -1.82. The van der Waals surface area contributed by atoms with Crippen LogP contribution < -0.4 is 15.8 Å². The lowest BCUT2D eigenvalue weighted by molar-refractivity contribution is -0.122. The van der Waals surface area contributed by atoms with E-state index in [9.17, 15) is 4.79 Å². The second-order valence-electron chi connectivity index (χ2n) is 4.85. The van der Waals surface area contributed by atoms with Crippen molar-refractivity contribution >= 4 is 28.9 Å². The van der Waals surface area contributed by atoms with Gasteiger partial charge in [-0.15, -0.1) is 0 Å². The van der Waals surface area contributed by atoms with Crippen molar-refractivity contribution in [1.29, 1.82) is 0 Å². The number of ether oxygens (including phenoxy) is 1. The van der Waals surface area contributed by atoms with Crippen molar-refractivity contribution in [1.82, 2.24) is 4.90 Å². The highest BCUT2D eigenvalue weighted by Crippen LogP contribution is 2.20. The van der Waals surface area contributed by atoms with E-state index in [1.807, 2.05) is 29.2 Å². The molecule has 20 heavy (non-hydrogen) atoms. The number of benzene rings is 1. The molecule has 0 spiro atoms. The number of primary amides is 1. The van der Waals surface area contributed by atoms with E-state index < -0.39 is 0 Å². The van der Waals surface area contributed by atoms with Gasteiger partial charge in [0.25, 0.3) is 0 Å². The molecule has 0 radical (unpaired) electrons. The van der Waals surface area contributed by atoms with Crippen molar-refractivity contribution in [3.8, 4) is 5.75 Å². The van der Waals surface area contributed by atoms with Crippen LogP contribution in [0.2, 0.25) is 0 Å². The van der Waals surface area contributed by atoms with E-state index >= 15 is 0 Å². The van der Waals surface area contributed by atoms with Crippen LogP contribution in [0.5, 0.6) is 5.75 Å². The summed E-state index contributed by atoms with van der Waals surface area (Å²) in [4.78, 5) is 13.3. The summed E-state index contributed by atoms with van der Waals surface area (Å²) in [5.41, 5.74) is 6.25. The first kappa shape index (κ1) is 14.6. The van der Waals surface area contributed by atoms with Crippen LogP contribution >= 0.6 is 12.2 Å². The Bertz CT molecular complexity index is 507. The first-order valence-corrected chi connectivity index (χ1v) is 7.00. The van der Waals surface area contributed by atoms with E-state index in [1.54, 1.807) is 7.11 Å². The molecule has 1 aliphatic heterocycles. The smallest absolute Gasteiger partial charge is 0.222 e. The summed E-state index contributed by atoms with van der Waals surface area (Å²) in [5.74, 6) is 0.402. The SMILES string of the molecule is COc1cccc(NC(=S)N2CCCC(C(N)=O)C2)c1. The number of amides is 1. The first-order valence-electron chi connectivity index (χ1n) is 6.59. The van der Waals surface area contributed by atoms with Crippen LogP contribution in [0.3, 0.4) is 0 Å². The van der Waals surface area contributed by atoms with Gasteiger partial charge in [0.1, 0.15) is 5.75 Å². The van der Waals surface area contributed by atoms with Crippen LogP contribution in [0.25, 0.3) is 0 Å². The number of nitrogens with zero attached hydrogens (tertiary/aromatic N) is 1. The number of piperidine rings is 1. The van der Waals surface area contributed by atoms with E-state index in [1.165, 1.54) is 0 Å². The largest absolute Gasteiger partial charge is 0.497 e. The summed E-state index contributed by atoms with van der Waals surface area (Å²) < 4.78 is 5.17. The number of methoxy groups -OCH3 is 1. The zero-order valence-corrected chi connectivity index (χ0v) is 12.3. The number of hydrogen-bond acceptors (Lipinski definition) is 3. The lowest BCUT2D eigenvalue weighted by Gasteiger charge is -2.33. The van der Waals surface area contributed by atoms with Crippen molar-refractivity contribution in [3.63, 3.8) is 0 Å². The quantitative estimate of drug-likeness (QED) is 0.828. The molecule has 0 aliphatic carbocycles. The van der Waals surface area contributed by atoms with E-state index in [-0.39, 0.29) is 11.8 Å². The Morgan fingerprint density at radius 3 is 3.05 bits per heavy atom. The predicted octanol–water partition coefficient (Wildman–Crippen LogP) is 1.59. The van der Waals surface area contributed by atoms with Gasteiger partial charge < -0.3 is 20.7 Å². The highest BCUT2D eigenvalue weighted by molar-refractivity contribution is 7.80. The Morgan fingerprint density at radius 1 is 1.55 bits per heavy atom. The maximum Gasteiger partial charge on any atom is 0.222 e. The van der Waals surface area contributed by atoms with Crippen molar-refractivity contribution in [2.45, 2.75) is 12.8 Å². The molecule has 1 heterocycles. The lowest BCUT2D eigenvalue weighted by Crippen LogP contribution is -2.45. The third-order valence-corrected chi connectivity index (χ3v) is 3.79. The van der Waals surface area contributed by atoms with Crippen LogP contribution in [-0.4, -0.2) is 36.1 Å². The van der Waals surface area contributed by atoms with Gasteiger partial charge in [0.15, 0.2) is 5.11 Å². The lowest BCUT2D eigenvalue weighted by atomic mass is 9.98. The van der Waals surface area contributed by atoms with Crippen molar-refractivity contribution in [2.24, 2.45) is 11.7 Å². The number of hydrogen-bond donors (Lipinski definition) is 2. The van der Waals surface area contributed by atoms with Gasteiger partial charge in [0, 0.05) is 24.8 Å². The molecule has 1 aromatic rings. The van der Waals surface area contributed by atoms with E-state index in [2.05, 4.69) is 5.32 Å². The van der Waals surface area contributed by atoms with Crippen molar-refractivity contribution in [3.05, 3.63) is 24.3 Å². The van der Waals surface area contributed by atoms with Gasteiger partial charge in [-0.2, -0.15) is 0 Å². The fourth-order valence-corrected chi connectivity index (χ4v) is 2.58. The minimum atomic E-state index is -0.251. The van der Waals surface area contributed by atoms with Gasteiger partial charge in [-0.3, -0.25) is 4.79 Å². The van der Waals surface area contributed by atoms with Crippen LogP contribution in [-0.2, 0) is 4.79 Å². The average molecular weight is 293 g/mol. The Labute approximate surface area is 124 Å². The Kier molecular flexibility index (Phi) is 4.79. The van der Waals surface area contributed by atoms with Gasteiger partial charge in [0.05, 0.1) is 13.0 Å². The molecule has 6 heteroatoms. The number of thiocarbonyl (C=S) groups is 1. The monoisotopic (exact) mass is 293 g/mol. The topological polar surface area (TPSA) is 67.6 Å². The molecule has 3 N–H and O–H groups in total. The number of anilines is 1. The minimum Gasteiger partial charge on any atom is -0.497 e. The van der Waals surface area contributed by atoms with E-state index in [0.29, 0.717) is 11.7 Å². The second kappa shape index (κ2) is 6.56. The summed E-state index contributed by atoms with van der Waals surface area (Å²) in [7, 11) is 1.62. The maximum absolute atomic E-state index is 11.3. The highest BCUT2D eigenvalue weighted by atomic mass is 32.1. The van der Waals surface area contributed by atoms with Gasteiger partial charge in [-0.05, 0) is 37.2 Å². The molecule has 1 fully saturated rings. The minimum absolute atomic E-state index is 0.117. The van der Waals surface area contributed by atoms with Crippen LogP contribution in [0.15, 0.2) is 24.3 Å².